The number of pyridine rings is 1. The first-order valence-electron chi connectivity index (χ1n) is 9.44. The molecule has 1 fully saturated rings. The van der Waals surface area contributed by atoms with Crippen LogP contribution in [0.3, 0.4) is 0 Å². The maximum Gasteiger partial charge on any atom is 0.253 e. The van der Waals surface area contributed by atoms with E-state index in [1.807, 2.05) is 12.1 Å². The summed E-state index contributed by atoms with van der Waals surface area (Å²) in [5.74, 6) is 1.44. The average molecular weight is 406 g/mol. The number of carbonyl (C=O) groups is 1. The monoisotopic (exact) mass is 405 g/mol. The molecule has 0 spiro atoms. The fourth-order valence-electron chi connectivity index (χ4n) is 3.48. The van der Waals surface area contributed by atoms with Crippen LogP contribution in [0.1, 0.15) is 61.4 Å². The van der Waals surface area contributed by atoms with Crippen LogP contribution < -0.4 is 10.6 Å². The van der Waals surface area contributed by atoms with Gasteiger partial charge < -0.3 is 10.6 Å². The first-order valence-corrected chi connectivity index (χ1v) is 10.2. The highest BCUT2D eigenvalue weighted by atomic mass is 35.5. The van der Waals surface area contributed by atoms with Crippen molar-refractivity contribution in [2.45, 2.75) is 45.4 Å². The second-order valence-corrected chi connectivity index (χ2v) is 8.24. The van der Waals surface area contributed by atoms with Gasteiger partial charge in [-0.15, -0.1) is 0 Å². The molecular formula is C21H25Cl2N3O. The molecular weight excluding hydrogens is 381 g/mol. The smallest absolute Gasteiger partial charge is 0.253 e. The largest absolute Gasteiger partial charge is 0.352 e. The zero-order chi connectivity index (χ0) is 19.4. The lowest BCUT2D eigenvalue weighted by molar-refractivity contribution is 0.0945. The third kappa shape index (κ3) is 5.14. The fraction of sp³-hybridized carbons (Fsp3) is 0.429. The molecule has 27 heavy (non-hydrogen) atoms. The molecule has 1 heterocycles. The topological polar surface area (TPSA) is 54.0 Å². The van der Waals surface area contributed by atoms with Crippen LogP contribution in [0.25, 0.3) is 0 Å². The van der Waals surface area contributed by atoms with Crippen LogP contribution >= 0.6 is 23.2 Å². The van der Waals surface area contributed by atoms with Crippen LogP contribution in [0.4, 0.5) is 11.5 Å². The summed E-state index contributed by atoms with van der Waals surface area (Å²) >= 11 is 12.0. The summed E-state index contributed by atoms with van der Waals surface area (Å²) in [5.41, 5.74) is 2.41. The number of anilines is 2. The third-order valence-corrected chi connectivity index (χ3v) is 5.76. The number of nitrogens with zero attached hydrogens (tertiary/aromatic N) is 1. The molecule has 0 aliphatic heterocycles. The molecule has 1 saturated carbocycles. The van der Waals surface area contributed by atoms with Crippen molar-refractivity contribution in [2.24, 2.45) is 5.92 Å². The lowest BCUT2D eigenvalue weighted by Gasteiger charge is -2.16. The first-order chi connectivity index (χ1) is 12.9. The highest BCUT2D eigenvalue weighted by Crippen LogP contribution is 2.28. The van der Waals surface area contributed by atoms with Gasteiger partial charge in [-0.25, -0.2) is 4.98 Å². The van der Waals surface area contributed by atoms with Crippen molar-refractivity contribution >= 4 is 40.6 Å². The normalized spacial score (nSPS) is 14.6. The first kappa shape index (κ1) is 20.0. The number of rotatable bonds is 6. The molecule has 1 aromatic carbocycles. The molecule has 0 saturated heterocycles. The number of aromatic nitrogens is 1. The molecule has 1 aliphatic carbocycles. The van der Waals surface area contributed by atoms with Crippen LogP contribution in [-0.2, 0) is 0 Å². The molecule has 1 aliphatic rings. The van der Waals surface area contributed by atoms with Gasteiger partial charge in [0.2, 0.25) is 0 Å². The number of hydrogen-bond donors (Lipinski definition) is 2. The summed E-state index contributed by atoms with van der Waals surface area (Å²) in [6.07, 6.45) is 6.62. The van der Waals surface area contributed by atoms with E-state index in [2.05, 4.69) is 29.5 Å². The van der Waals surface area contributed by atoms with E-state index in [9.17, 15) is 4.79 Å². The van der Waals surface area contributed by atoms with Gasteiger partial charge in [0.25, 0.3) is 5.91 Å². The minimum absolute atomic E-state index is 0.0424. The molecule has 3 rings (SSSR count). The fourth-order valence-corrected chi connectivity index (χ4v) is 3.77. The molecule has 1 amide bonds. The van der Waals surface area contributed by atoms with Crippen molar-refractivity contribution in [3.8, 4) is 0 Å². The SMILES string of the molecule is CC(C)c1cc(Nc2ccc(Cl)c(Cl)c2)ncc1C(=O)NCC1CCCC1. The van der Waals surface area contributed by atoms with Crippen molar-refractivity contribution in [1.82, 2.24) is 10.3 Å². The Labute approximate surface area is 170 Å². The summed E-state index contributed by atoms with van der Waals surface area (Å²) in [6, 6.07) is 7.26. The van der Waals surface area contributed by atoms with Crippen molar-refractivity contribution in [3.05, 3.63) is 51.6 Å². The van der Waals surface area contributed by atoms with Gasteiger partial charge in [0.05, 0.1) is 15.6 Å². The Morgan fingerprint density at radius 3 is 2.59 bits per heavy atom. The Balaban J connectivity index is 1.75. The van der Waals surface area contributed by atoms with Crippen molar-refractivity contribution in [1.29, 1.82) is 0 Å². The second-order valence-electron chi connectivity index (χ2n) is 7.43. The standard InChI is InChI=1S/C21H25Cl2N3O/c1-13(2)16-10-20(26-15-7-8-18(22)19(23)9-15)24-12-17(16)21(27)25-11-14-5-3-4-6-14/h7-10,12-14H,3-6,11H2,1-2H3,(H,24,26)(H,25,27). The summed E-state index contributed by atoms with van der Waals surface area (Å²) in [4.78, 5) is 17.1. The minimum atomic E-state index is -0.0424. The van der Waals surface area contributed by atoms with E-state index >= 15 is 0 Å². The molecule has 144 valence electrons. The minimum Gasteiger partial charge on any atom is -0.352 e. The van der Waals surface area contributed by atoms with Crippen molar-refractivity contribution in [3.63, 3.8) is 0 Å². The van der Waals surface area contributed by atoms with Crippen LogP contribution in [0.5, 0.6) is 0 Å². The predicted molar refractivity (Wildman–Crippen MR) is 112 cm³/mol. The lowest BCUT2D eigenvalue weighted by Crippen LogP contribution is -2.29. The summed E-state index contributed by atoms with van der Waals surface area (Å²) in [7, 11) is 0. The Bertz CT molecular complexity index is 817. The average Bonchev–Trinajstić information content (AvgIpc) is 3.16. The maximum absolute atomic E-state index is 12.7. The molecule has 2 aromatic rings. The van der Waals surface area contributed by atoms with E-state index < -0.39 is 0 Å². The van der Waals surface area contributed by atoms with Crippen LogP contribution in [0, 0.1) is 5.92 Å². The van der Waals surface area contributed by atoms with Crippen LogP contribution in [0.15, 0.2) is 30.5 Å². The van der Waals surface area contributed by atoms with Gasteiger partial charge in [-0.05, 0) is 54.5 Å². The molecule has 4 nitrogen and oxygen atoms in total. The molecule has 1 aromatic heterocycles. The van der Waals surface area contributed by atoms with Gasteiger partial charge in [-0.3, -0.25) is 4.79 Å². The molecule has 0 bridgehead atoms. The van der Waals surface area contributed by atoms with E-state index in [-0.39, 0.29) is 11.8 Å². The van der Waals surface area contributed by atoms with Crippen LogP contribution in [0.2, 0.25) is 10.0 Å². The van der Waals surface area contributed by atoms with E-state index in [1.165, 1.54) is 25.7 Å². The Morgan fingerprint density at radius 1 is 1.19 bits per heavy atom. The number of carbonyl (C=O) groups excluding carboxylic acids is 1. The molecule has 6 heteroatoms. The van der Waals surface area contributed by atoms with Crippen molar-refractivity contribution in [2.75, 3.05) is 11.9 Å². The third-order valence-electron chi connectivity index (χ3n) is 5.02. The van der Waals surface area contributed by atoms with E-state index in [1.54, 1.807) is 18.3 Å². The zero-order valence-corrected chi connectivity index (χ0v) is 17.2. The predicted octanol–water partition coefficient (Wildman–Crippen LogP) is 6.18. The highest BCUT2D eigenvalue weighted by molar-refractivity contribution is 6.42. The maximum atomic E-state index is 12.7. The lowest BCUT2D eigenvalue weighted by atomic mass is 9.98. The van der Waals surface area contributed by atoms with Gasteiger partial charge in [0.1, 0.15) is 5.82 Å². The Morgan fingerprint density at radius 2 is 1.93 bits per heavy atom. The number of nitrogens with one attached hydrogen (secondary N) is 2. The van der Waals surface area contributed by atoms with Crippen LogP contribution in [-0.4, -0.2) is 17.4 Å². The van der Waals surface area contributed by atoms with Gasteiger partial charge in [0.15, 0.2) is 0 Å². The van der Waals surface area contributed by atoms with Gasteiger partial charge >= 0.3 is 0 Å². The van der Waals surface area contributed by atoms with E-state index in [4.69, 9.17) is 23.2 Å². The zero-order valence-electron chi connectivity index (χ0n) is 15.7. The quantitative estimate of drug-likeness (QED) is 0.603. The van der Waals surface area contributed by atoms with Gasteiger partial charge in [0, 0.05) is 18.4 Å². The van der Waals surface area contributed by atoms with Gasteiger partial charge in [-0.2, -0.15) is 0 Å². The Hall–Kier alpha value is -1.78. The highest BCUT2D eigenvalue weighted by Gasteiger charge is 2.19. The van der Waals surface area contributed by atoms with Crippen molar-refractivity contribution < 1.29 is 4.79 Å². The van der Waals surface area contributed by atoms with E-state index in [0.29, 0.717) is 27.3 Å². The summed E-state index contributed by atoms with van der Waals surface area (Å²) in [6.45, 7) is 4.90. The number of benzene rings is 1. The molecule has 0 atom stereocenters. The molecule has 0 unspecified atom stereocenters. The second kappa shape index (κ2) is 8.94. The number of amides is 1. The van der Waals surface area contributed by atoms with Gasteiger partial charge in [-0.1, -0.05) is 49.9 Å². The molecule has 2 N–H and O–H groups in total. The number of hydrogen-bond acceptors (Lipinski definition) is 3. The summed E-state index contributed by atoms with van der Waals surface area (Å²) < 4.78 is 0. The summed E-state index contributed by atoms with van der Waals surface area (Å²) in [5, 5.41) is 7.30. The Kier molecular flexibility index (Phi) is 6.61. The van der Waals surface area contributed by atoms with E-state index in [0.717, 1.165) is 17.8 Å². The number of halogens is 2. The molecule has 0 radical (unpaired) electrons.